The maximum Gasteiger partial charge on any atom is 0.0649 e. The van der Waals surface area contributed by atoms with Crippen LogP contribution < -0.4 is 0 Å². The van der Waals surface area contributed by atoms with Gasteiger partial charge >= 0.3 is 0 Å². The zero-order valence-electron chi connectivity index (χ0n) is 11.9. The first-order valence-corrected chi connectivity index (χ1v) is 6.92. The number of benzene rings is 1. The van der Waals surface area contributed by atoms with Crippen LogP contribution in [0.1, 0.15) is 32.3 Å². The van der Waals surface area contributed by atoms with Crippen LogP contribution >= 0.6 is 11.6 Å². The molecule has 0 fully saturated rings. The first-order valence-electron chi connectivity index (χ1n) is 6.54. The standard InChI is InChI=1S/C15H19ClO.CH4O/c1-15(2)8-7-12(14(15)10-17)9-11-3-5-13(16)6-4-11;1-2/h3-6,17H,7-10H2,1-2H3;2H,1H3. The summed E-state index contributed by atoms with van der Waals surface area (Å²) in [5.74, 6) is 0. The fraction of sp³-hybridized carbons (Fsp3) is 0.500. The lowest BCUT2D eigenvalue weighted by atomic mass is 9.85. The van der Waals surface area contributed by atoms with E-state index >= 15 is 0 Å². The maximum absolute atomic E-state index is 9.52. The summed E-state index contributed by atoms with van der Waals surface area (Å²) in [6.45, 7) is 4.62. The number of rotatable bonds is 3. The Bertz CT molecular complexity index is 433. The van der Waals surface area contributed by atoms with Crippen LogP contribution in [0.5, 0.6) is 0 Å². The Labute approximate surface area is 120 Å². The van der Waals surface area contributed by atoms with Crippen molar-refractivity contribution in [3.8, 4) is 0 Å². The van der Waals surface area contributed by atoms with E-state index < -0.39 is 0 Å². The van der Waals surface area contributed by atoms with E-state index in [0.717, 1.165) is 31.4 Å². The minimum Gasteiger partial charge on any atom is -0.400 e. The molecule has 0 aliphatic heterocycles. The van der Waals surface area contributed by atoms with Gasteiger partial charge in [-0.1, -0.05) is 43.2 Å². The van der Waals surface area contributed by atoms with Crippen LogP contribution in [0.3, 0.4) is 0 Å². The van der Waals surface area contributed by atoms with E-state index in [9.17, 15) is 5.11 Å². The molecule has 1 aromatic rings. The zero-order chi connectivity index (χ0) is 14.5. The van der Waals surface area contributed by atoms with Crippen molar-refractivity contribution >= 4 is 11.6 Å². The Morgan fingerprint density at radius 1 is 1.16 bits per heavy atom. The first-order chi connectivity index (χ1) is 9.03. The second-order valence-corrected chi connectivity index (χ2v) is 5.86. The molecule has 2 nitrogen and oxygen atoms in total. The molecule has 0 spiro atoms. The van der Waals surface area contributed by atoms with Crippen LogP contribution in [-0.4, -0.2) is 23.9 Å². The lowest BCUT2D eigenvalue weighted by molar-refractivity contribution is 0.290. The van der Waals surface area contributed by atoms with Gasteiger partial charge in [-0.3, -0.25) is 0 Å². The molecule has 0 bridgehead atoms. The lowest BCUT2D eigenvalue weighted by Crippen LogP contribution is -2.13. The van der Waals surface area contributed by atoms with Crippen LogP contribution in [0.2, 0.25) is 5.02 Å². The highest BCUT2D eigenvalue weighted by Crippen LogP contribution is 2.42. The molecular formula is C16H23ClO2. The Morgan fingerprint density at radius 3 is 2.26 bits per heavy atom. The molecule has 0 saturated heterocycles. The number of halogens is 1. The van der Waals surface area contributed by atoms with E-state index in [2.05, 4.69) is 26.0 Å². The van der Waals surface area contributed by atoms with Crippen LogP contribution in [0.25, 0.3) is 0 Å². The van der Waals surface area contributed by atoms with Gasteiger partial charge in [-0.2, -0.15) is 0 Å². The van der Waals surface area contributed by atoms with Crippen molar-refractivity contribution in [3.05, 3.63) is 46.0 Å². The first kappa shape index (κ1) is 16.2. The summed E-state index contributed by atoms with van der Waals surface area (Å²) in [5, 5.41) is 17.3. The van der Waals surface area contributed by atoms with Gasteiger partial charge in [0.2, 0.25) is 0 Å². The van der Waals surface area contributed by atoms with Gasteiger partial charge in [0, 0.05) is 12.1 Å². The van der Waals surface area contributed by atoms with Crippen LogP contribution in [-0.2, 0) is 6.42 Å². The van der Waals surface area contributed by atoms with Crippen molar-refractivity contribution in [3.63, 3.8) is 0 Å². The van der Waals surface area contributed by atoms with Crippen molar-refractivity contribution < 1.29 is 10.2 Å². The summed E-state index contributed by atoms with van der Waals surface area (Å²) in [6, 6.07) is 7.98. The highest BCUT2D eigenvalue weighted by atomic mass is 35.5. The number of hydrogen-bond donors (Lipinski definition) is 2. The van der Waals surface area contributed by atoms with Crippen molar-refractivity contribution in [1.82, 2.24) is 0 Å². The largest absolute Gasteiger partial charge is 0.400 e. The third-order valence-electron chi connectivity index (χ3n) is 3.78. The molecule has 2 rings (SSSR count). The van der Waals surface area contributed by atoms with E-state index in [-0.39, 0.29) is 12.0 Å². The molecule has 0 atom stereocenters. The van der Waals surface area contributed by atoms with Crippen LogP contribution in [0.4, 0.5) is 0 Å². The van der Waals surface area contributed by atoms with Gasteiger partial charge in [-0.15, -0.1) is 0 Å². The molecule has 1 aromatic carbocycles. The Hall–Kier alpha value is -0.830. The molecule has 0 heterocycles. The molecule has 19 heavy (non-hydrogen) atoms. The average Bonchev–Trinajstić information content (AvgIpc) is 2.69. The summed E-state index contributed by atoms with van der Waals surface area (Å²) in [7, 11) is 1.00. The third kappa shape index (κ3) is 4.07. The second-order valence-electron chi connectivity index (χ2n) is 5.43. The van der Waals surface area contributed by atoms with Gasteiger partial charge in [0.25, 0.3) is 0 Å². The lowest BCUT2D eigenvalue weighted by Gasteiger charge is -2.21. The summed E-state index contributed by atoms with van der Waals surface area (Å²) in [4.78, 5) is 0. The van der Waals surface area contributed by atoms with Gasteiger partial charge in [-0.05, 0) is 47.9 Å². The van der Waals surface area contributed by atoms with E-state index in [4.69, 9.17) is 16.7 Å². The predicted molar refractivity (Wildman–Crippen MR) is 80.4 cm³/mol. The number of aliphatic hydroxyl groups is 2. The summed E-state index contributed by atoms with van der Waals surface area (Å²) < 4.78 is 0. The second kappa shape index (κ2) is 7.09. The monoisotopic (exact) mass is 282 g/mol. The van der Waals surface area contributed by atoms with Crippen LogP contribution in [0, 0.1) is 5.41 Å². The predicted octanol–water partition coefficient (Wildman–Crippen LogP) is 3.60. The summed E-state index contributed by atoms with van der Waals surface area (Å²) in [6.07, 6.45) is 3.19. The fourth-order valence-corrected chi connectivity index (χ4v) is 2.74. The van der Waals surface area contributed by atoms with Crippen LogP contribution in [0.15, 0.2) is 35.4 Å². The Kier molecular flexibility index (Phi) is 6.05. The van der Waals surface area contributed by atoms with Gasteiger partial charge in [0.05, 0.1) is 6.61 Å². The molecule has 1 aliphatic rings. The highest BCUT2D eigenvalue weighted by molar-refractivity contribution is 6.30. The minimum absolute atomic E-state index is 0.163. The van der Waals surface area contributed by atoms with Crippen molar-refractivity contribution in [2.24, 2.45) is 5.41 Å². The van der Waals surface area contributed by atoms with E-state index in [1.54, 1.807) is 0 Å². The molecule has 2 N–H and O–H groups in total. The van der Waals surface area contributed by atoms with Gasteiger partial charge in [0.15, 0.2) is 0 Å². The molecule has 106 valence electrons. The minimum atomic E-state index is 0.163. The zero-order valence-corrected chi connectivity index (χ0v) is 12.7. The molecule has 1 aliphatic carbocycles. The molecular weight excluding hydrogens is 260 g/mol. The molecule has 0 amide bonds. The smallest absolute Gasteiger partial charge is 0.0649 e. The normalized spacial score (nSPS) is 17.2. The number of allylic oxidation sites excluding steroid dienone is 1. The van der Waals surface area contributed by atoms with Gasteiger partial charge in [0.1, 0.15) is 0 Å². The number of aliphatic hydroxyl groups excluding tert-OH is 2. The van der Waals surface area contributed by atoms with E-state index in [1.165, 1.54) is 16.7 Å². The van der Waals surface area contributed by atoms with E-state index in [0.29, 0.717) is 0 Å². The maximum atomic E-state index is 9.52. The molecule has 0 saturated carbocycles. The summed E-state index contributed by atoms with van der Waals surface area (Å²) >= 11 is 5.88. The summed E-state index contributed by atoms with van der Waals surface area (Å²) in [5.41, 5.74) is 4.07. The van der Waals surface area contributed by atoms with Crippen molar-refractivity contribution in [1.29, 1.82) is 0 Å². The SMILES string of the molecule is CC1(C)CCC(Cc2ccc(Cl)cc2)=C1CO.CO. The fourth-order valence-electron chi connectivity index (χ4n) is 2.61. The molecule has 0 aromatic heterocycles. The molecule has 0 unspecified atom stereocenters. The molecule has 0 radical (unpaired) electrons. The van der Waals surface area contributed by atoms with Gasteiger partial charge in [-0.25, -0.2) is 0 Å². The average molecular weight is 283 g/mol. The molecule has 3 heteroatoms. The van der Waals surface area contributed by atoms with E-state index in [1.807, 2.05) is 12.1 Å². The topological polar surface area (TPSA) is 40.5 Å². The third-order valence-corrected chi connectivity index (χ3v) is 4.04. The quantitative estimate of drug-likeness (QED) is 0.832. The Balaban J connectivity index is 0.000000861. The highest BCUT2D eigenvalue weighted by Gasteiger charge is 2.31. The Morgan fingerprint density at radius 2 is 1.74 bits per heavy atom. The van der Waals surface area contributed by atoms with Gasteiger partial charge < -0.3 is 10.2 Å². The van der Waals surface area contributed by atoms with Crippen molar-refractivity contribution in [2.75, 3.05) is 13.7 Å². The number of hydrogen-bond acceptors (Lipinski definition) is 2. The van der Waals surface area contributed by atoms with Crippen molar-refractivity contribution in [2.45, 2.75) is 33.1 Å².